The van der Waals surface area contributed by atoms with Gasteiger partial charge < -0.3 is 15.1 Å². The molecule has 1 aromatic rings. The highest BCUT2D eigenvalue weighted by Gasteiger charge is 2.30. The summed E-state index contributed by atoms with van der Waals surface area (Å²) in [5.74, 6) is 1.83. The van der Waals surface area contributed by atoms with Crippen LogP contribution in [0, 0.1) is 0 Å². The van der Waals surface area contributed by atoms with Crippen LogP contribution in [0.15, 0.2) is 23.5 Å². The second kappa shape index (κ2) is 10.2. The molecule has 7 nitrogen and oxygen atoms in total. The zero-order valence-electron chi connectivity index (χ0n) is 16.1. The zero-order chi connectivity index (χ0) is 17.6. The molecule has 146 valence electrons. The van der Waals surface area contributed by atoms with Crippen LogP contribution in [-0.4, -0.2) is 84.1 Å². The average Bonchev–Trinajstić information content (AvgIpc) is 3.47. The van der Waals surface area contributed by atoms with Gasteiger partial charge in [-0.1, -0.05) is 0 Å². The molecule has 1 aliphatic heterocycles. The van der Waals surface area contributed by atoms with Crippen molar-refractivity contribution in [1.29, 1.82) is 0 Å². The van der Waals surface area contributed by atoms with Crippen LogP contribution in [0.1, 0.15) is 26.7 Å². The van der Waals surface area contributed by atoms with Gasteiger partial charge in [-0.15, -0.1) is 24.0 Å². The van der Waals surface area contributed by atoms with Crippen LogP contribution < -0.4 is 10.2 Å². The molecule has 1 saturated carbocycles. The molecule has 0 spiro atoms. The van der Waals surface area contributed by atoms with Crippen LogP contribution in [0.3, 0.4) is 0 Å². The Morgan fingerprint density at radius 1 is 1.23 bits per heavy atom. The minimum Gasteiger partial charge on any atom is -0.355 e. The highest BCUT2D eigenvalue weighted by molar-refractivity contribution is 14.0. The van der Waals surface area contributed by atoms with Gasteiger partial charge in [-0.05, 0) is 32.8 Å². The normalized spacial score (nSPS) is 18.3. The van der Waals surface area contributed by atoms with Crippen LogP contribution in [0.4, 0.5) is 5.95 Å². The molecule has 0 radical (unpaired) electrons. The predicted octanol–water partition coefficient (Wildman–Crippen LogP) is 1.66. The summed E-state index contributed by atoms with van der Waals surface area (Å²) >= 11 is 0. The van der Waals surface area contributed by atoms with Gasteiger partial charge in [-0.3, -0.25) is 9.89 Å². The van der Waals surface area contributed by atoms with Crippen molar-refractivity contribution < 1.29 is 0 Å². The molecule has 3 rings (SSSR count). The number of nitrogens with zero attached hydrogens (tertiary/aromatic N) is 6. The van der Waals surface area contributed by atoms with E-state index in [1.807, 2.05) is 13.1 Å². The van der Waals surface area contributed by atoms with Gasteiger partial charge in [0.05, 0.1) is 0 Å². The van der Waals surface area contributed by atoms with Crippen molar-refractivity contribution >= 4 is 35.9 Å². The number of hydrogen-bond acceptors (Lipinski definition) is 5. The van der Waals surface area contributed by atoms with Crippen molar-refractivity contribution in [3.8, 4) is 0 Å². The minimum atomic E-state index is 0. The first-order valence-corrected chi connectivity index (χ1v) is 9.42. The zero-order valence-corrected chi connectivity index (χ0v) is 18.5. The third-order valence-corrected chi connectivity index (χ3v) is 4.96. The summed E-state index contributed by atoms with van der Waals surface area (Å²) in [6.45, 7) is 10.3. The Hall–Kier alpha value is -1.16. The fraction of sp³-hybridized carbons (Fsp3) is 0.722. The summed E-state index contributed by atoms with van der Waals surface area (Å²) in [6.07, 6.45) is 6.32. The number of nitrogens with one attached hydrogen (secondary N) is 1. The standard InChI is InChI=1S/C18H31N7.HI/c1-15(2)25(16-5-6-16)10-9-22-17(19-3)23-11-13-24(14-12-23)18-20-7-4-8-21-18;/h4,7-8,15-16H,5-6,9-14H2,1-3H3,(H,19,22);1H. The van der Waals surface area contributed by atoms with Crippen LogP contribution in [-0.2, 0) is 0 Å². The maximum absolute atomic E-state index is 4.47. The van der Waals surface area contributed by atoms with Crippen LogP contribution in [0.25, 0.3) is 0 Å². The Balaban J connectivity index is 0.00000243. The van der Waals surface area contributed by atoms with Gasteiger partial charge in [-0.2, -0.15) is 0 Å². The fourth-order valence-electron chi connectivity index (χ4n) is 3.47. The molecule has 0 atom stereocenters. The van der Waals surface area contributed by atoms with E-state index in [9.17, 15) is 0 Å². The largest absolute Gasteiger partial charge is 0.355 e. The number of rotatable bonds is 6. The summed E-state index contributed by atoms with van der Waals surface area (Å²) < 4.78 is 0. The number of piperazine rings is 1. The molecule has 0 amide bonds. The smallest absolute Gasteiger partial charge is 0.225 e. The molecule has 26 heavy (non-hydrogen) atoms. The number of aromatic nitrogens is 2. The number of aliphatic imine (C=N–C) groups is 1. The lowest BCUT2D eigenvalue weighted by molar-refractivity contribution is 0.214. The van der Waals surface area contributed by atoms with E-state index in [1.165, 1.54) is 12.8 Å². The summed E-state index contributed by atoms with van der Waals surface area (Å²) in [5.41, 5.74) is 0. The predicted molar refractivity (Wildman–Crippen MR) is 117 cm³/mol. The lowest BCUT2D eigenvalue weighted by Gasteiger charge is -2.36. The van der Waals surface area contributed by atoms with E-state index in [4.69, 9.17) is 0 Å². The van der Waals surface area contributed by atoms with E-state index in [0.29, 0.717) is 6.04 Å². The quantitative estimate of drug-likeness (QED) is 0.386. The van der Waals surface area contributed by atoms with Crippen molar-refractivity contribution in [3.05, 3.63) is 18.5 Å². The minimum absolute atomic E-state index is 0. The molecule has 1 saturated heterocycles. The monoisotopic (exact) mass is 473 g/mol. The van der Waals surface area contributed by atoms with E-state index >= 15 is 0 Å². The van der Waals surface area contributed by atoms with Crippen molar-refractivity contribution in [1.82, 2.24) is 25.1 Å². The van der Waals surface area contributed by atoms with Crippen LogP contribution in [0.2, 0.25) is 0 Å². The highest BCUT2D eigenvalue weighted by Crippen LogP contribution is 2.27. The van der Waals surface area contributed by atoms with E-state index in [2.05, 4.69) is 48.8 Å². The Kier molecular flexibility index (Phi) is 8.33. The van der Waals surface area contributed by atoms with Gasteiger partial charge in [0.2, 0.25) is 5.95 Å². The molecule has 0 aromatic carbocycles. The Morgan fingerprint density at radius 3 is 2.42 bits per heavy atom. The molecule has 1 aromatic heterocycles. The lowest BCUT2D eigenvalue weighted by Crippen LogP contribution is -2.53. The number of hydrogen-bond donors (Lipinski definition) is 1. The summed E-state index contributed by atoms with van der Waals surface area (Å²) in [6, 6.07) is 3.28. The van der Waals surface area contributed by atoms with E-state index in [-0.39, 0.29) is 24.0 Å². The van der Waals surface area contributed by atoms with Crippen LogP contribution in [0.5, 0.6) is 0 Å². The maximum atomic E-state index is 4.47. The SMILES string of the molecule is CN=C(NCCN(C(C)C)C1CC1)N1CCN(c2ncccn2)CC1.I. The molecule has 1 N–H and O–H groups in total. The average molecular weight is 473 g/mol. The highest BCUT2D eigenvalue weighted by atomic mass is 127. The summed E-state index contributed by atoms with van der Waals surface area (Å²) in [4.78, 5) is 20.3. The van der Waals surface area contributed by atoms with Gasteiger partial charge in [0.1, 0.15) is 0 Å². The third kappa shape index (κ3) is 5.67. The van der Waals surface area contributed by atoms with Crippen molar-refractivity contribution in [2.24, 2.45) is 4.99 Å². The molecular formula is C18H32IN7. The molecule has 0 unspecified atom stereocenters. The lowest BCUT2D eigenvalue weighted by atomic mass is 10.3. The molecule has 0 bridgehead atoms. The second-order valence-corrected chi connectivity index (χ2v) is 7.06. The molecule has 2 heterocycles. The van der Waals surface area contributed by atoms with Gasteiger partial charge in [0, 0.05) is 70.8 Å². The van der Waals surface area contributed by atoms with Gasteiger partial charge >= 0.3 is 0 Å². The number of halogens is 1. The van der Waals surface area contributed by atoms with Crippen molar-refractivity contribution in [2.45, 2.75) is 38.8 Å². The Morgan fingerprint density at radius 2 is 1.88 bits per heavy atom. The van der Waals surface area contributed by atoms with Crippen molar-refractivity contribution in [2.75, 3.05) is 51.2 Å². The third-order valence-electron chi connectivity index (χ3n) is 4.96. The topological polar surface area (TPSA) is 59.9 Å². The first-order chi connectivity index (χ1) is 12.2. The first-order valence-electron chi connectivity index (χ1n) is 9.42. The summed E-state index contributed by atoms with van der Waals surface area (Å²) in [5, 5.41) is 3.55. The molecular weight excluding hydrogens is 441 g/mol. The van der Waals surface area contributed by atoms with E-state index in [0.717, 1.165) is 57.2 Å². The Labute approximate surface area is 174 Å². The van der Waals surface area contributed by atoms with E-state index < -0.39 is 0 Å². The Bertz CT molecular complexity index is 552. The molecule has 1 aliphatic carbocycles. The molecule has 2 aliphatic rings. The fourth-order valence-corrected chi connectivity index (χ4v) is 3.47. The van der Waals surface area contributed by atoms with E-state index in [1.54, 1.807) is 12.4 Å². The van der Waals surface area contributed by atoms with Gasteiger partial charge in [0.15, 0.2) is 5.96 Å². The van der Waals surface area contributed by atoms with Gasteiger partial charge in [-0.25, -0.2) is 9.97 Å². The van der Waals surface area contributed by atoms with Crippen LogP contribution >= 0.6 is 24.0 Å². The number of guanidine groups is 1. The molecule has 8 heteroatoms. The number of anilines is 1. The first kappa shape index (κ1) is 21.1. The van der Waals surface area contributed by atoms with Crippen molar-refractivity contribution in [3.63, 3.8) is 0 Å². The second-order valence-electron chi connectivity index (χ2n) is 7.06. The molecule has 2 fully saturated rings. The maximum Gasteiger partial charge on any atom is 0.225 e. The van der Waals surface area contributed by atoms with Gasteiger partial charge in [0.25, 0.3) is 0 Å². The summed E-state index contributed by atoms with van der Waals surface area (Å²) in [7, 11) is 1.87.